The number of aromatic carboxylic acids is 1. The van der Waals surface area contributed by atoms with Crippen molar-refractivity contribution in [3.8, 4) is 17.2 Å². The Labute approximate surface area is 115 Å². The Morgan fingerprint density at radius 3 is 2.60 bits per heavy atom. The quantitative estimate of drug-likeness (QED) is 0.865. The number of benzene rings is 1. The number of nitrogens with zero attached hydrogens (tertiary/aromatic N) is 1. The summed E-state index contributed by atoms with van der Waals surface area (Å²) >= 11 is 0. The fourth-order valence-corrected chi connectivity index (χ4v) is 1.64. The summed E-state index contributed by atoms with van der Waals surface area (Å²) in [6.07, 6.45) is 0. The van der Waals surface area contributed by atoms with Crippen molar-refractivity contribution in [2.24, 2.45) is 0 Å². The molecule has 1 aliphatic rings. The van der Waals surface area contributed by atoms with E-state index in [-0.39, 0.29) is 30.6 Å². The first-order valence-electron chi connectivity index (χ1n) is 6.06. The van der Waals surface area contributed by atoms with Crippen LogP contribution < -0.4 is 14.2 Å². The van der Waals surface area contributed by atoms with E-state index in [9.17, 15) is 9.59 Å². The molecule has 1 aliphatic heterocycles. The molecule has 1 N–H and O–H groups in total. The maximum atomic E-state index is 11.7. The topological polar surface area (TPSA) is 85.3 Å². The third-order valence-electron chi connectivity index (χ3n) is 2.96. The third kappa shape index (κ3) is 2.76. The standard InChI is InChI=1S/C13H15NO6/c1-3-14(2)12(15)6-18-9-5-11-10(19-7-20-11)4-8(9)13(16)17/h4-5H,3,6-7H2,1-2H3,(H,16,17). The number of fused-ring (bicyclic) bond motifs is 1. The fourth-order valence-electron chi connectivity index (χ4n) is 1.64. The van der Waals surface area contributed by atoms with Gasteiger partial charge in [-0.25, -0.2) is 4.79 Å². The van der Waals surface area contributed by atoms with Crippen molar-refractivity contribution in [1.82, 2.24) is 4.90 Å². The summed E-state index contributed by atoms with van der Waals surface area (Å²) in [6.45, 7) is 2.19. The molecule has 1 aromatic rings. The van der Waals surface area contributed by atoms with Gasteiger partial charge >= 0.3 is 5.97 Å². The summed E-state index contributed by atoms with van der Waals surface area (Å²) in [6, 6.07) is 2.75. The highest BCUT2D eigenvalue weighted by Crippen LogP contribution is 2.38. The van der Waals surface area contributed by atoms with Crippen LogP contribution in [0.1, 0.15) is 17.3 Å². The second-order valence-electron chi connectivity index (χ2n) is 4.20. The van der Waals surface area contributed by atoms with Gasteiger partial charge in [0.1, 0.15) is 11.3 Å². The molecule has 0 atom stereocenters. The van der Waals surface area contributed by atoms with Crippen LogP contribution in [0, 0.1) is 0 Å². The lowest BCUT2D eigenvalue weighted by atomic mass is 10.2. The number of carbonyl (C=O) groups is 2. The summed E-state index contributed by atoms with van der Waals surface area (Å²) in [5.74, 6) is -0.552. The molecule has 0 spiro atoms. The zero-order valence-corrected chi connectivity index (χ0v) is 11.2. The number of hydrogen-bond donors (Lipinski definition) is 1. The van der Waals surface area contributed by atoms with E-state index >= 15 is 0 Å². The Kier molecular flexibility index (Phi) is 3.97. The van der Waals surface area contributed by atoms with Crippen LogP contribution in [0.3, 0.4) is 0 Å². The Bertz CT molecular complexity index is 542. The molecule has 108 valence electrons. The number of likely N-dealkylation sites (N-methyl/N-ethyl adjacent to an activating group) is 1. The normalized spacial score (nSPS) is 12.1. The molecule has 0 aromatic heterocycles. The van der Waals surface area contributed by atoms with Crippen molar-refractivity contribution >= 4 is 11.9 Å². The SMILES string of the molecule is CCN(C)C(=O)COc1cc2c(cc1C(=O)O)OCO2. The molecule has 1 heterocycles. The van der Waals surface area contributed by atoms with Gasteiger partial charge in [0.25, 0.3) is 5.91 Å². The van der Waals surface area contributed by atoms with E-state index in [1.54, 1.807) is 7.05 Å². The minimum Gasteiger partial charge on any atom is -0.483 e. The molecule has 0 fully saturated rings. The van der Waals surface area contributed by atoms with Gasteiger partial charge in [-0.05, 0) is 6.92 Å². The largest absolute Gasteiger partial charge is 0.483 e. The van der Waals surface area contributed by atoms with Crippen molar-refractivity contribution in [2.45, 2.75) is 6.92 Å². The van der Waals surface area contributed by atoms with Crippen LogP contribution in [0.5, 0.6) is 17.2 Å². The highest BCUT2D eigenvalue weighted by atomic mass is 16.7. The summed E-state index contributed by atoms with van der Waals surface area (Å²) in [4.78, 5) is 24.3. The van der Waals surface area contributed by atoms with E-state index < -0.39 is 5.97 Å². The number of ether oxygens (including phenoxy) is 3. The predicted octanol–water partition coefficient (Wildman–Crippen LogP) is 0.971. The van der Waals surface area contributed by atoms with E-state index in [0.29, 0.717) is 18.0 Å². The minimum absolute atomic E-state index is 0.0371. The number of carboxylic acids is 1. The van der Waals surface area contributed by atoms with E-state index in [2.05, 4.69) is 0 Å². The van der Waals surface area contributed by atoms with E-state index in [4.69, 9.17) is 19.3 Å². The van der Waals surface area contributed by atoms with Gasteiger partial charge in [0.2, 0.25) is 6.79 Å². The first kappa shape index (κ1) is 14.0. The van der Waals surface area contributed by atoms with Crippen LogP contribution >= 0.6 is 0 Å². The fraction of sp³-hybridized carbons (Fsp3) is 0.385. The molecular weight excluding hydrogens is 266 g/mol. The van der Waals surface area contributed by atoms with Crippen LogP contribution in [-0.2, 0) is 4.79 Å². The number of amides is 1. The van der Waals surface area contributed by atoms with Gasteiger partial charge in [-0.15, -0.1) is 0 Å². The smallest absolute Gasteiger partial charge is 0.339 e. The predicted molar refractivity (Wildman–Crippen MR) is 68.3 cm³/mol. The summed E-state index contributed by atoms with van der Waals surface area (Å²) < 4.78 is 15.6. The summed E-state index contributed by atoms with van der Waals surface area (Å²) in [5, 5.41) is 9.15. The van der Waals surface area contributed by atoms with E-state index in [1.807, 2.05) is 6.92 Å². The van der Waals surface area contributed by atoms with Gasteiger partial charge in [0.15, 0.2) is 18.1 Å². The lowest BCUT2D eigenvalue weighted by molar-refractivity contribution is -0.131. The molecule has 7 nitrogen and oxygen atoms in total. The lowest BCUT2D eigenvalue weighted by Gasteiger charge is -2.15. The van der Waals surface area contributed by atoms with Gasteiger partial charge < -0.3 is 24.2 Å². The number of rotatable bonds is 5. The van der Waals surface area contributed by atoms with E-state index in [0.717, 1.165) is 0 Å². The Hall–Kier alpha value is -2.44. The Morgan fingerprint density at radius 1 is 1.35 bits per heavy atom. The van der Waals surface area contributed by atoms with Gasteiger partial charge in [-0.3, -0.25) is 4.79 Å². The molecular formula is C13H15NO6. The third-order valence-corrected chi connectivity index (χ3v) is 2.96. The molecule has 20 heavy (non-hydrogen) atoms. The Balaban J connectivity index is 2.18. The monoisotopic (exact) mass is 281 g/mol. The second-order valence-corrected chi connectivity index (χ2v) is 4.20. The van der Waals surface area contributed by atoms with Crippen molar-refractivity contribution in [3.63, 3.8) is 0 Å². The average molecular weight is 281 g/mol. The first-order chi connectivity index (χ1) is 9.52. The van der Waals surface area contributed by atoms with Crippen LogP contribution in [-0.4, -0.2) is 48.9 Å². The molecule has 0 saturated heterocycles. The molecule has 0 aliphatic carbocycles. The van der Waals surface area contributed by atoms with Crippen molar-refractivity contribution in [1.29, 1.82) is 0 Å². The molecule has 0 bridgehead atoms. The van der Waals surface area contributed by atoms with Crippen LogP contribution in [0.25, 0.3) is 0 Å². The van der Waals surface area contributed by atoms with Crippen molar-refractivity contribution < 1.29 is 28.9 Å². The molecule has 0 radical (unpaired) electrons. The highest BCUT2D eigenvalue weighted by molar-refractivity contribution is 5.92. The van der Waals surface area contributed by atoms with Crippen LogP contribution in [0.2, 0.25) is 0 Å². The molecule has 1 amide bonds. The van der Waals surface area contributed by atoms with Crippen LogP contribution in [0.4, 0.5) is 0 Å². The number of hydrogen-bond acceptors (Lipinski definition) is 5. The Morgan fingerprint density at radius 2 is 2.00 bits per heavy atom. The summed E-state index contributed by atoms with van der Waals surface area (Å²) in [7, 11) is 1.64. The molecule has 0 unspecified atom stereocenters. The zero-order valence-electron chi connectivity index (χ0n) is 11.2. The van der Waals surface area contributed by atoms with Crippen molar-refractivity contribution in [2.75, 3.05) is 27.0 Å². The van der Waals surface area contributed by atoms with Gasteiger partial charge in [-0.1, -0.05) is 0 Å². The molecule has 2 rings (SSSR count). The summed E-state index contributed by atoms with van der Waals surface area (Å²) in [5.41, 5.74) is -0.0683. The lowest BCUT2D eigenvalue weighted by Crippen LogP contribution is -2.31. The van der Waals surface area contributed by atoms with Gasteiger partial charge in [0.05, 0.1) is 0 Å². The van der Waals surface area contributed by atoms with E-state index in [1.165, 1.54) is 17.0 Å². The highest BCUT2D eigenvalue weighted by Gasteiger charge is 2.22. The second kappa shape index (κ2) is 5.68. The van der Waals surface area contributed by atoms with Crippen LogP contribution in [0.15, 0.2) is 12.1 Å². The molecule has 1 aromatic carbocycles. The first-order valence-corrected chi connectivity index (χ1v) is 6.06. The van der Waals surface area contributed by atoms with Gasteiger partial charge in [-0.2, -0.15) is 0 Å². The minimum atomic E-state index is -1.16. The zero-order chi connectivity index (χ0) is 14.7. The average Bonchev–Trinajstić information content (AvgIpc) is 2.89. The number of carboxylic acid groups (broad SMARTS) is 1. The maximum absolute atomic E-state index is 11.7. The molecule has 0 saturated carbocycles. The van der Waals surface area contributed by atoms with Crippen molar-refractivity contribution in [3.05, 3.63) is 17.7 Å². The maximum Gasteiger partial charge on any atom is 0.339 e. The van der Waals surface area contributed by atoms with Gasteiger partial charge in [0, 0.05) is 25.7 Å². The number of carbonyl (C=O) groups excluding carboxylic acids is 1. The molecule has 7 heteroatoms.